The molecule has 10 nitrogen and oxygen atoms in total. The predicted molar refractivity (Wildman–Crippen MR) is 130 cm³/mol. The summed E-state index contributed by atoms with van der Waals surface area (Å²) < 4.78 is 60.4. The number of sulfonamides is 2. The Labute approximate surface area is 203 Å². The van der Waals surface area contributed by atoms with Crippen LogP contribution in [0.15, 0.2) is 82.6 Å². The molecule has 35 heavy (non-hydrogen) atoms. The van der Waals surface area contributed by atoms with E-state index in [1.54, 1.807) is 26.0 Å². The van der Waals surface area contributed by atoms with Gasteiger partial charge < -0.3 is 10.1 Å². The van der Waals surface area contributed by atoms with Gasteiger partial charge in [0, 0.05) is 0 Å². The number of rotatable bonds is 8. The summed E-state index contributed by atoms with van der Waals surface area (Å²) in [6, 6.07) is 16.1. The number of anilines is 2. The van der Waals surface area contributed by atoms with Crippen LogP contribution in [0.4, 0.5) is 16.2 Å². The molecule has 2 amide bonds. The molecule has 0 bridgehead atoms. The van der Waals surface area contributed by atoms with E-state index in [1.807, 2.05) is 4.72 Å². The van der Waals surface area contributed by atoms with Gasteiger partial charge in [-0.25, -0.2) is 31.1 Å². The van der Waals surface area contributed by atoms with Crippen LogP contribution in [0.3, 0.4) is 0 Å². The molecule has 0 atom stereocenters. The molecule has 0 spiro atoms. The molecule has 3 aromatic rings. The van der Waals surface area contributed by atoms with Gasteiger partial charge in [-0.05, 0) is 55.8 Å². The van der Waals surface area contributed by atoms with E-state index in [-0.39, 0.29) is 33.3 Å². The van der Waals surface area contributed by atoms with Crippen molar-refractivity contribution in [1.82, 2.24) is 4.72 Å². The topological polar surface area (TPSA) is 148 Å². The summed E-state index contributed by atoms with van der Waals surface area (Å²) in [6.07, 6.45) is 0. The molecule has 0 aromatic heterocycles. The molecule has 3 aromatic carbocycles. The Balaban J connectivity index is 1.85. The zero-order valence-corrected chi connectivity index (χ0v) is 20.4. The van der Waals surface area contributed by atoms with Crippen LogP contribution in [0.25, 0.3) is 0 Å². The fourth-order valence-corrected chi connectivity index (χ4v) is 5.33. The van der Waals surface area contributed by atoms with Crippen LogP contribution in [0.5, 0.6) is 0 Å². The van der Waals surface area contributed by atoms with Gasteiger partial charge in [0.05, 0.1) is 28.4 Å². The maximum atomic E-state index is 13.1. The highest BCUT2D eigenvalue weighted by molar-refractivity contribution is 7.93. The molecular weight excluding hydrogens is 494 g/mol. The largest absolute Gasteiger partial charge is 0.462 e. The summed E-state index contributed by atoms with van der Waals surface area (Å²) >= 11 is 0. The van der Waals surface area contributed by atoms with Crippen molar-refractivity contribution in [2.24, 2.45) is 0 Å². The van der Waals surface area contributed by atoms with Crippen LogP contribution in [-0.2, 0) is 24.8 Å². The van der Waals surface area contributed by atoms with Crippen LogP contribution >= 0.6 is 0 Å². The van der Waals surface area contributed by atoms with Crippen molar-refractivity contribution in [2.75, 3.05) is 16.6 Å². The first kappa shape index (κ1) is 25.7. The number of benzene rings is 3. The summed E-state index contributed by atoms with van der Waals surface area (Å²) in [7, 11) is -8.51. The van der Waals surface area contributed by atoms with Crippen molar-refractivity contribution in [3.63, 3.8) is 0 Å². The third-order valence-corrected chi connectivity index (χ3v) is 7.37. The minimum atomic E-state index is -4.31. The summed E-state index contributed by atoms with van der Waals surface area (Å²) in [6.45, 7) is 3.43. The maximum absolute atomic E-state index is 13.1. The number of para-hydroxylation sites is 2. The molecule has 0 saturated carbocycles. The quantitative estimate of drug-likeness (QED) is 0.388. The lowest BCUT2D eigenvalue weighted by Gasteiger charge is -2.15. The van der Waals surface area contributed by atoms with Crippen LogP contribution in [-0.4, -0.2) is 35.4 Å². The third-order valence-electron chi connectivity index (χ3n) is 4.62. The Morgan fingerprint density at radius 3 is 2.17 bits per heavy atom. The van der Waals surface area contributed by atoms with Gasteiger partial charge in [0.15, 0.2) is 0 Å². The number of hydrogen-bond donors (Lipinski definition) is 3. The number of ether oxygens (including phenoxy) is 1. The van der Waals surface area contributed by atoms with Gasteiger partial charge in [-0.3, -0.25) is 4.72 Å². The zero-order valence-electron chi connectivity index (χ0n) is 18.8. The Morgan fingerprint density at radius 2 is 1.49 bits per heavy atom. The van der Waals surface area contributed by atoms with Crippen LogP contribution in [0, 0.1) is 6.92 Å². The molecule has 0 unspecified atom stereocenters. The van der Waals surface area contributed by atoms with Crippen molar-refractivity contribution >= 4 is 43.4 Å². The summed E-state index contributed by atoms with van der Waals surface area (Å²) in [5.41, 5.74) is 0.488. The molecule has 0 aliphatic heterocycles. The molecule has 0 saturated heterocycles. The van der Waals surface area contributed by atoms with E-state index in [1.165, 1.54) is 60.7 Å². The van der Waals surface area contributed by atoms with Gasteiger partial charge in [0.2, 0.25) is 0 Å². The second-order valence-corrected chi connectivity index (χ2v) is 10.6. The Kier molecular flexibility index (Phi) is 7.77. The summed E-state index contributed by atoms with van der Waals surface area (Å²) in [5.74, 6) is -0.710. The lowest BCUT2D eigenvalue weighted by atomic mass is 10.2. The van der Waals surface area contributed by atoms with E-state index in [4.69, 9.17) is 4.74 Å². The normalized spacial score (nSPS) is 11.4. The number of carbonyl (C=O) groups excluding carboxylic acids is 2. The standard InChI is InChI=1S/C23H23N3O7S2/c1-3-33-22(27)18-11-4-5-12-19(18)25-35(31,32)21-14-7-6-13-20(21)24-23(28)26-34(29,30)17-10-8-9-16(2)15-17/h4-15,25H,3H2,1-2H3,(H2,24,26,28). The molecule has 0 aliphatic rings. The van der Waals surface area contributed by atoms with Gasteiger partial charge in [-0.15, -0.1) is 0 Å². The molecule has 0 fully saturated rings. The lowest BCUT2D eigenvalue weighted by Crippen LogP contribution is -2.34. The molecule has 3 rings (SSSR count). The molecule has 184 valence electrons. The van der Waals surface area contributed by atoms with Crippen molar-refractivity contribution in [2.45, 2.75) is 23.6 Å². The van der Waals surface area contributed by atoms with E-state index >= 15 is 0 Å². The minimum absolute atomic E-state index is 0.00496. The molecule has 3 N–H and O–H groups in total. The predicted octanol–water partition coefficient (Wildman–Crippen LogP) is 3.48. The Hall–Kier alpha value is -3.90. The molecule has 0 radical (unpaired) electrons. The number of aryl methyl sites for hydroxylation is 1. The number of nitrogens with one attached hydrogen (secondary N) is 3. The van der Waals surface area contributed by atoms with Gasteiger partial charge in [0.25, 0.3) is 20.0 Å². The number of carbonyl (C=O) groups is 2. The number of amides is 2. The van der Waals surface area contributed by atoms with Crippen molar-refractivity contribution in [3.8, 4) is 0 Å². The van der Waals surface area contributed by atoms with Gasteiger partial charge in [-0.2, -0.15) is 0 Å². The van der Waals surface area contributed by atoms with Gasteiger partial charge in [0.1, 0.15) is 4.90 Å². The SMILES string of the molecule is CCOC(=O)c1ccccc1NS(=O)(=O)c1ccccc1NC(=O)NS(=O)(=O)c1cccc(C)c1. The fourth-order valence-electron chi connectivity index (χ4n) is 3.07. The summed E-state index contributed by atoms with van der Waals surface area (Å²) in [4.78, 5) is 24.2. The van der Waals surface area contributed by atoms with Crippen molar-refractivity contribution < 1.29 is 31.2 Å². The van der Waals surface area contributed by atoms with Crippen molar-refractivity contribution in [3.05, 3.63) is 83.9 Å². The lowest BCUT2D eigenvalue weighted by molar-refractivity contribution is 0.0527. The highest BCUT2D eigenvalue weighted by Gasteiger charge is 2.24. The molecule has 0 aliphatic carbocycles. The number of esters is 1. The molecule has 12 heteroatoms. The average molecular weight is 518 g/mol. The van der Waals surface area contributed by atoms with E-state index in [9.17, 15) is 26.4 Å². The van der Waals surface area contributed by atoms with E-state index in [0.29, 0.717) is 5.56 Å². The first-order valence-corrected chi connectivity index (χ1v) is 13.3. The summed E-state index contributed by atoms with van der Waals surface area (Å²) in [5, 5.41) is 2.26. The Morgan fingerprint density at radius 1 is 0.829 bits per heavy atom. The molecular formula is C23H23N3O7S2. The van der Waals surface area contributed by atoms with Crippen LogP contribution < -0.4 is 14.8 Å². The number of urea groups is 1. The van der Waals surface area contributed by atoms with Gasteiger partial charge in [-0.1, -0.05) is 36.4 Å². The third kappa shape index (κ3) is 6.37. The van der Waals surface area contributed by atoms with Crippen LogP contribution in [0.2, 0.25) is 0 Å². The second-order valence-electron chi connectivity index (χ2n) is 7.24. The monoisotopic (exact) mass is 517 g/mol. The number of hydrogen-bond acceptors (Lipinski definition) is 7. The first-order valence-electron chi connectivity index (χ1n) is 10.3. The van der Waals surface area contributed by atoms with E-state index in [0.717, 1.165) is 0 Å². The first-order chi connectivity index (χ1) is 16.5. The maximum Gasteiger partial charge on any atom is 0.340 e. The van der Waals surface area contributed by atoms with E-state index < -0.39 is 32.0 Å². The second kappa shape index (κ2) is 10.6. The van der Waals surface area contributed by atoms with Crippen molar-refractivity contribution in [1.29, 1.82) is 0 Å². The van der Waals surface area contributed by atoms with Crippen LogP contribution in [0.1, 0.15) is 22.8 Å². The minimum Gasteiger partial charge on any atom is -0.462 e. The molecule has 0 heterocycles. The average Bonchev–Trinajstić information content (AvgIpc) is 2.79. The highest BCUT2D eigenvalue weighted by atomic mass is 32.2. The fraction of sp³-hybridized carbons (Fsp3) is 0.130. The smallest absolute Gasteiger partial charge is 0.340 e. The zero-order chi connectivity index (χ0) is 25.6. The van der Waals surface area contributed by atoms with E-state index in [2.05, 4.69) is 10.0 Å². The van der Waals surface area contributed by atoms with Gasteiger partial charge >= 0.3 is 12.0 Å². The Bertz CT molecular complexity index is 1470. The highest BCUT2D eigenvalue weighted by Crippen LogP contribution is 2.26.